The summed E-state index contributed by atoms with van der Waals surface area (Å²) >= 11 is 0. The van der Waals surface area contributed by atoms with Crippen LogP contribution in [0.15, 0.2) is 36.7 Å². The van der Waals surface area contributed by atoms with Gasteiger partial charge in [0.25, 0.3) is 0 Å². The number of hydrogen-bond acceptors (Lipinski definition) is 3. The summed E-state index contributed by atoms with van der Waals surface area (Å²) in [4.78, 5) is 0. The third kappa shape index (κ3) is 2.41. The van der Waals surface area contributed by atoms with Crippen LogP contribution in [-0.2, 0) is 9.31 Å². The molecule has 0 N–H and O–H groups in total. The summed E-state index contributed by atoms with van der Waals surface area (Å²) in [6.07, 6.45) is 3.71. The predicted molar refractivity (Wildman–Crippen MR) is 84.0 cm³/mol. The lowest BCUT2D eigenvalue weighted by Gasteiger charge is -2.32. The van der Waals surface area contributed by atoms with Crippen molar-refractivity contribution in [1.82, 2.24) is 9.78 Å². The van der Waals surface area contributed by atoms with Gasteiger partial charge in [0, 0.05) is 12.4 Å². The maximum Gasteiger partial charge on any atom is 0.495 e. The van der Waals surface area contributed by atoms with Gasteiger partial charge in [0.15, 0.2) is 0 Å². The SMILES string of the molecule is Cc1cc(-n2cccn2)ccc1B1OC(C)(C)C(C)(C)O1. The Morgan fingerprint density at radius 1 is 1.10 bits per heavy atom. The van der Waals surface area contributed by atoms with Crippen molar-refractivity contribution in [3.63, 3.8) is 0 Å². The van der Waals surface area contributed by atoms with Crippen molar-refractivity contribution in [3.8, 4) is 5.69 Å². The second kappa shape index (κ2) is 4.72. The molecule has 0 amide bonds. The molecule has 2 heterocycles. The molecule has 2 aromatic rings. The van der Waals surface area contributed by atoms with Crippen LogP contribution in [0.25, 0.3) is 5.69 Å². The minimum atomic E-state index is -0.318. The second-order valence-corrected chi connectivity index (χ2v) is 6.58. The highest BCUT2D eigenvalue weighted by Gasteiger charge is 2.52. The lowest BCUT2D eigenvalue weighted by molar-refractivity contribution is 0.00578. The summed E-state index contributed by atoms with van der Waals surface area (Å²) in [7, 11) is -0.318. The molecule has 110 valence electrons. The number of hydrogen-bond donors (Lipinski definition) is 0. The minimum absolute atomic E-state index is 0.315. The van der Waals surface area contributed by atoms with Crippen LogP contribution in [0.3, 0.4) is 0 Å². The molecule has 1 aromatic heterocycles. The van der Waals surface area contributed by atoms with E-state index in [0.717, 1.165) is 16.7 Å². The van der Waals surface area contributed by atoms with Crippen LogP contribution in [0.4, 0.5) is 0 Å². The molecule has 0 saturated carbocycles. The van der Waals surface area contributed by atoms with Crippen molar-refractivity contribution in [1.29, 1.82) is 0 Å². The van der Waals surface area contributed by atoms with Gasteiger partial charge in [0.05, 0.1) is 16.9 Å². The molecule has 3 rings (SSSR count). The van der Waals surface area contributed by atoms with Gasteiger partial charge >= 0.3 is 7.12 Å². The third-order valence-corrected chi connectivity index (χ3v) is 4.53. The van der Waals surface area contributed by atoms with E-state index >= 15 is 0 Å². The third-order valence-electron chi connectivity index (χ3n) is 4.53. The average molecular weight is 284 g/mol. The highest BCUT2D eigenvalue weighted by atomic mass is 16.7. The molecule has 1 aliphatic rings. The van der Waals surface area contributed by atoms with E-state index in [0.29, 0.717) is 0 Å². The first-order valence-electron chi connectivity index (χ1n) is 7.26. The van der Waals surface area contributed by atoms with Gasteiger partial charge in [-0.05, 0) is 63.8 Å². The highest BCUT2D eigenvalue weighted by Crippen LogP contribution is 2.36. The van der Waals surface area contributed by atoms with Crippen molar-refractivity contribution in [2.75, 3.05) is 0 Å². The Hall–Kier alpha value is -1.59. The minimum Gasteiger partial charge on any atom is -0.399 e. The van der Waals surface area contributed by atoms with Crippen LogP contribution in [0.1, 0.15) is 33.3 Å². The van der Waals surface area contributed by atoms with Crippen LogP contribution in [0, 0.1) is 6.92 Å². The zero-order valence-corrected chi connectivity index (χ0v) is 13.3. The van der Waals surface area contributed by atoms with E-state index in [1.807, 2.05) is 23.0 Å². The van der Waals surface area contributed by atoms with Crippen LogP contribution in [0.2, 0.25) is 0 Å². The summed E-state index contributed by atoms with van der Waals surface area (Å²) in [5, 5.41) is 4.26. The molecule has 21 heavy (non-hydrogen) atoms. The molecule has 0 unspecified atom stereocenters. The zero-order valence-electron chi connectivity index (χ0n) is 13.3. The molecule has 1 aliphatic heterocycles. The predicted octanol–water partition coefficient (Wildman–Crippen LogP) is 2.48. The molecule has 1 aromatic carbocycles. The van der Waals surface area contributed by atoms with Gasteiger partial charge in [0.1, 0.15) is 0 Å². The summed E-state index contributed by atoms with van der Waals surface area (Å²) in [6.45, 7) is 10.4. The molecule has 1 fully saturated rings. The van der Waals surface area contributed by atoms with Crippen molar-refractivity contribution in [2.24, 2.45) is 0 Å². The first-order chi connectivity index (χ1) is 9.80. The Labute approximate surface area is 126 Å². The second-order valence-electron chi connectivity index (χ2n) is 6.58. The topological polar surface area (TPSA) is 36.3 Å². The molecule has 0 aliphatic carbocycles. The molecule has 4 nitrogen and oxygen atoms in total. The van der Waals surface area contributed by atoms with Gasteiger partial charge in [-0.25, -0.2) is 4.68 Å². The first-order valence-corrected chi connectivity index (χ1v) is 7.26. The number of aryl methyl sites for hydroxylation is 1. The maximum atomic E-state index is 6.12. The molecule has 0 atom stereocenters. The van der Waals surface area contributed by atoms with Crippen molar-refractivity contribution in [3.05, 3.63) is 42.2 Å². The van der Waals surface area contributed by atoms with Gasteiger partial charge in [-0.2, -0.15) is 5.10 Å². The standard InChI is InChI=1S/C16H21BN2O2/c1-12-11-13(19-10-6-9-18-19)7-8-14(12)17-20-15(2,3)16(4,5)21-17/h6-11H,1-5H3. The first kappa shape index (κ1) is 14.4. The number of rotatable bonds is 2. The Kier molecular flexibility index (Phi) is 3.22. The number of aromatic nitrogens is 2. The van der Waals surface area contributed by atoms with Crippen LogP contribution in [0.5, 0.6) is 0 Å². The lowest BCUT2D eigenvalue weighted by Crippen LogP contribution is -2.41. The fourth-order valence-corrected chi connectivity index (χ4v) is 2.46. The van der Waals surface area contributed by atoms with Gasteiger partial charge in [-0.15, -0.1) is 0 Å². The molecule has 0 bridgehead atoms. The Bertz CT molecular complexity index is 634. The molecule has 1 saturated heterocycles. The number of nitrogens with zero attached hydrogens (tertiary/aromatic N) is 2. The van der Waals surface area contributed by atoms with E-state index < -0.39 is 0 Å². The van der Waals surface area contributed by atoms with Gasteiger partial charge in [-0.1, -0.05) is 6.07 Å². The van der Waals surface area contributed by atoms with Crippen molar-refractivity contribution < 1.29 is 9.31 Å². The van der Waals surface area contributed by atoms with E-state index in [4.69, 9.17) is 9.31 Å². The zero-order chi connectivity index (χ0) is 15.3. The normalized spacial score (nSPS) is 20.0. The van der Waals surface area contributed by atoms with E-state index in [2.05, 4.69) is 51.9 Å². The molecule has 0 radical (unpaired) electrons. The van der Waals surface area contributed by atoms with Crippen LogP contribution >= 0.6 is 0 Å². The van der Waals surface area contributed by atoms with Gasteiger partial charge < -0.3 is 9.31 Å². The van der Waals surface area contributed by atoms with Gasteiger partial charge in [-0.3, -0.25) is 0 Å². The van der Waals surface area contributed by atoms with Crippen LogP contribution in [-0.4, -0.2) is 28.1 Å². The fraction of sp³-hybridized carbons (Fsp3) is 0.438. The maximum absolute atomic E-state index is 6.12. The average Bonchev–Trinajstić information content (AvgIpc) is 2.96. The molecule has 5 heteroatoms. The Balaban J connectivity index is 1.91. The largest absolute Gasteiger partial charge is 0.495 e. The van der Waals surface area contributed by atoms with Crippen molar-refractivity contribution in [2.45, 2.75) is 45.8 Å². The quantitative estimate of drug-likeness (QED) is 0.795. The smallest absolute Gasteiger partial charge is 0.399 e. The summed E-state index contributed by atoms with van der Waals surface area (Å²) < 4.78 is 14.1. The Morgan fingerprint density at radius 3 is 2.29 bits per heavy atom. The van der Waals surface area contributed by atoms with Crippen molar-refractivity contribution >= 4 is 12.6 Å². The summed E-state index contributed by atoms with van der Waals surface area (Å²) in [5.74, 6) is 0. The van der Waals surface area contributed by atoms with E-state index in [-0.39, 0.29) is 18.3 Å². The highest BCUT2D eigenvalue weighted by molar-refractivity contribution is 6.62. The monoisotopic (exact) mass is 284 g/mol. The van der Waals surface area contributed by atoms with E-state index in [1.54, 1.807) is 6.20 Å². The summed E-state index contributed by atoms with van der Waals surface area (Å²) in [6, 6.07) is 8.12. The van der Waals surface area contributed by atoms with Crippen LogP contribution < -0.4 is 5.46 Å². The molecular weight excluding hydrogens is 263 g/mol. The van der Waals surface area contributed by atoms with E-state index in [1.165, 1.54) is 0 Å². The fourth-order valence-electron chi connectivity index (χ4n) is 2.46. The Morgan fingerprint density at radius 2 is 1.76 bits per heavy atom. The molecular formula is C16H21BN2O2. The number of benzene rings is 1. The lowest BCUT2D eigenvalue weighted by atomic mass is 9.76. The summed E-state index contributed by atoms with van der Waals surface area (Å²) in [5.41, 5.74) is 2.62. The molecule has 0 spiro atoms. The van der Waals surface area contributed by atoms with E-state index in [9.17, 15) is 0 Å². The van der Waals surface area contributed by atoms with Gasteiger partial charge in [0.2, 0.25) is 0 Å².